The highest BCUT2D eigenvalue weighted by atomic mass is 16.2. The number of benzene rings is 1. The second-order valence-corrected chi connectivity index (χ2v) is 8.68. The van der Waals surface area contributed by atoms with E-state index in [2.05, 4.69) is 29.8 Å². The molecule has 162 valence electrons. The van der Waals surface area contributed by atoms with Crippen LogP contribution < -0.4 is 0 Å². The number of hydrogen-bond donors (Lipinski definition) is 0. The monoisotopic (exact) mass is 417 g/mol. The van der Waals surface area contributed by atoms with E-state index in [-0.39, 0.29) is 23.7 Å². The summed E-state index contributed by atoms with van der Waals surface area (Å²) in [6.07, 6.45) is 10.2. The van der Waals surface area contributed by atoms with Gasteiger partial charge in [0, 0.05) is 44.5 Å². The van der Waals surface area contributed by atoms with E-state index in [0.717, 1.165) is 42.4 Å². The van der Waals surface area contributed by atoms with Gasteiger partial charge in [-0.05, 0) is 48.1 Å². The lowest BCUT2D eigenvalue weighted by molar-refractivity contribution is -0.136. The molecule has 5 heteroatoms. The van der Waals surface area contributed by atoms with Crippen LogP contribution in [-0.2, 0) is 16.0 Å². The topological polar surface area (TPSA) is 53.5 Å². The molecule has 2 fully saturated rings. The molecule has 2 aliphatic rings. The van der Waals surface area contributed by atoms with Gasteiger partial charge in [-0.1, -0.05) is 43.2 Å². The minimum Gasteiger partial charge on any atom is -0.340 e. The molecule has 1 aliphatic heterocycles. The largest absolute Gasteiger partial charge is 0.340 e. The Morgan fingerprint density at radius 3 is 2.61 bits per heavy atom. The molecular formula is C26H31N3O2. The van der Waals surface area contributed by atoms with E-state index in [1.165, 1.54) is 0 Å². The van der Waals surface area contributed by atoms with Gasteiger partial charge in [-0.3, -0.25) is 14.6 Å². The maximum atomic E-state index is 13.3. The summed E-state index contributed by atoms with van der Waals surface area (Å²) >= 11 is 0. The fourth-order valence-electron chi connectivity index (χ4n) is 4.87. The molecule has 0 unspecified atom stereocenters. The Hall–Kier alpha value is -2.95. The van der Waals surface area contributed by atoms with Crippen LogP contribution in [0.15, 0.2) is 61.4 Å². The lowest BCUT2D eigenvalue weighted by Crippen LogP contribution is -2.40. The number of carbonyl (C=O) groups is 2. The van der Waals surface area contributed by atoms with Crippen molar-refractivity contribution in [2.45, 2.75) is 32.1 Å². The van der Waals surface area contributed by atoms with Gasteiger partial charge in [0.15, 0.2) is 0 Å². The summed E-state index contributed by atoms with van der Waals surface area (Å²) in [5.41, 5.74) is 3.33. The minimum absolute atomic E-state index is 0.121. The van der Waals surface area contributed by atoms with Crippen molar-refractivity contribution in [3.05, 3.63) is 67.0 Å². The predicted octanol–water partition coefficient (Wildman–Crippen LogP) is 3.95. The summed E-state index contributed by atoms with van der Waals surface area (Å²) in [4.78, 5) is 34.3. The fourth-order valence-corrected chi connectivity index (χ4v) is 4.87. The first-order chi connectivity index (χ1) is 15.2. The van der Waals surface area contributed by atoms with Crippen molar-refractivity contribution in [2.24, 2.45) is 11.8 Å². The second-order valence-electron chi connectivity index (χ2n) is 8.68. The summed E-state index contributed by atoms with van der Waals surface area (Å²) in [5, 5.41) is 0. The van der Waals surface area contributed by atoms with Crippen molar-refractivity contribution >= 4 is 11.8 Å². The van der Waals surface area contributed by atoms with Crippen molar-refractivity contribution in [3.8, 4) is 11.1 Å². The first kappa shape index (κ1) is 21.3. The summed E-state index contributed by atoms with van der Waals surface area (Å²) < 4.78 is 0. The molecule has 2 aromatic rings. The Bertz CT molecular complexity index is 921. The molecule has 1 aliphatic carbocycles. The smallest absolute Gasteiger partial charge is 0.228 e. The first-order valence-electron chi connectivity index (χ1n) is 11.3. The number of aromatic nitrogens is 1. The molecule has 0 spiro atoms. The number of pyridine rings is 1. The van der Waals surface area contributed by atoms with Crippen LogP contribution in [0.2, 0.25) is 0 Å². The summed E-state index contributed by atoms with van der Waals surface area (Å²) in [7, 11) is 0. The van der Waals surface area contributed by atoms with E-state index >= 15 is 0 Å². The first-order valence-corrected chi connectivity index (χ1v) is 11.3. The third-order valence-corrected chi connectivity index (χ3v) is 6.53. The van der Waals surface area contributed by atoms with Crippen molar-refractivity contribution in [2.75, 3.05) is 26.2 Å². The van der Waals surface area contributed by atoms with E-state index in [0.29, 0.717) is 32.6 Å². The van der Waals surface area contributed by atoms with Crippen molar-refractivity contribution < 1.29 is 9.59 Å². The van der Waals surface area contributed by atoms with Gasteiger partial charge in [0.2, 0.25) is 11.8 Å². The molecule has 0 radical (unpaired) electrons. The Morgan fingerprint density at radius 2 is 1.87 bits per heavy atom. The standard InChI is InChI=1S/C26H31N3O2/c1-2-14-28-15-16-29(25(30)22-7-3-4-8-22)19-24(26(28)31)18-20-6-5-9-23(17-20)21-10-12-27-13-11-21/h2,5-6,9-13,17,22,24H,1,3-4,7-8,14-16,18-19H2/t24-/m1/s1. The van der Waals surface area contributed by atoms with Crippen LogP contribution in [0.4, 0.5) is 0 Å². The maximum Gasteiger partial charge on any atom is 0.228 e. The number of carbonyl (C=O) groups excluding carboxylic acids is 2. The van der Waals surface area contributed by atoms with Crippen LogP contribution in [0.1, 0.15) is 31.2 Å². The number of hydrogen-bond acceptors (Lipinski definition) is 3. The van der Waals surface area contributed by atoms with Crippen LogP contribution in [0.3, 0.4) is 0 Å². The normalized spacial score (nSPS) is 20.0. The predicted molar refractivity (Wildman–Crippen MR) is 122 cm³/mol. The number of amides is 2. The Labute approximate surface area is 184 Å². The van der Waals surface area contributed by atoms with Crippen molar-refractivity contribution in [1.82, 2.24) is 14.8 Å². The molecular weight excluding hydrogens is 386 g/mol. The van der Waals surface area contributed by atoms with E-state index in [1.807, 2.05) is 28.0 Å². The number of rotatable bonds is 6. The minimum atomic E-state index is -0.236. The number of nitrogens with zero attached hydrogens (tertiary/aromatic N) is 3. The highest BCUT2D eigenvalue weighted by Gasteiger charge is 2.35. The molecule has 1 saturated carbocycles. The molecule has 2 amide bonds. The molecule has 31 heavy (non-hydrogen) atoms. The van der Waals surface area contributed by atoms with E-state index in [4.69, 9.17) is 0 Å². The van der Waals surface area contributed by atoms with Crippen LogP contribution in [0.5, 0.6) is 0 Å². The third kappa shape index (κ3) is 5.04. The van der Waals surface area contributed by atoms with Gasteiger partial charge in [-0.2, -0.15) is 0 Å². The summed E-state index contributed by atoms with van der Waals surface area (Å²) in [6, 6.07) is 12.3. The quantitative estimate of drug-likeness (QED) is 0.669. The molecule has 0 N–H and O–H groups in total. The maximum absolute atomic E-state index is 13.3. The zero-order valence-corrected chi connectivity index (χ0v) is 18.1. The van der Waals surface area contributed by atoms with Crippen LogP contribution in [0, 0.1) is 11.8 Å². The molecule has 1 aromatic carbocycles. The van der Waals surface area contributed by atoms with E-state index in [1.54, 1.807) is 18.5 Å². The zero-order valence-electron chi connectivity index (χ0n) is 18.1. The van der Waals surface area contributed by atoms with Crippen molar-refractivity contribution in [1.29, 1.82) is 0 Å². The van der Waals surface area contributed by atoms with E-state index < -0.39 is 0 Å². The van der Waals surface area contributed by atoms with Crippen LogP contribution in [-0.4, -0.2) is 52.8 Å². The van der Waals surface area contributed by atoms with Gasteiger partial charge in [0.25, 0.3) is 0 Å². The van der Waals surface area contributed by atoms with Gasteiger partial charge in [-0.15, -0.1) is 6.58 Å². The van der Waals surface area contributed by atoms with Gasteiger partial charge < -0.3 is 9.80 Å². The van der Waals surface area contributed by atoms with Gasteiger partial charge in [0.1, 0.15) is 0 Å². The van der Waals surface area contributed by atoms with Crippen LogP contribution >= 0.6 is 0 Å². The lowest BCUT2D eigenvalue weighted by Gasteiger charge is -2.26. The fraction of sp³-hybridized carbons (Fsp3) is 0.423. The molecule has 1 atom stereocenters. The van der Waals surface area contributed by atoms with Crippen molar-refractivity contribution in [3.63, 3.8) is 0 Å². The Balaban J connectivity index is 1.55. The molecule has 1 saturated heterocycles. The molecule has 0 bridgehead atoms. The highest BCUT2D eigenvalue weighted by Crippen LogP contribution is 2.28. The summed E-state index contributed by atoms with van der Waals surface area (Å²) in [6.45, 7) is 6.03. The molecule has 5 nitrogen and oxygen atoms in total. The Morgan fingerprint density at radius 1 is 1.10 bits per heavy atom. The lowest BCUT2D eigenvalue weighted by atomic mass is 9.94. The average molecular weight is 418 g/mol. The second kappa shape index (κ2) is 9.90. The Kier molecular flexibility index (Phi) is 6.80. The molecule has 2 heterocycles. The SMILES string of the molecule is C=CCN1CCN(C(=O)C2CCCC2)C[C@@H](Cc2cccc(-c3ccncc3)c2)C1=O. The highest BCUT2D eigenvalue weighted by molar-refractivity contribution is 5.83. The van der Waals surface area contributed by atoms with Gasteiger partial charge in [-0.25, -0.2) is 0 Å². The summed E-state index contributed by atoms with van der Waals surface area (Å²) in [5.74, 6) is 0.259. The van der Waals surface area contributed by atoms with Gasteiger partial charge >= 0.3 is 0 Å². The third-order valence-electron chi connectivity index (χ3n) is 6.53. The molecule has 4 rings (SSSR count). The zero-order chi connectivity index (χ0) is 21.6. The molecule has 1 aromatic heterocycles. The van der Waals surface area contributed by atoms with E-state index in [9.17, 15) is 9.59 Å². The van der Waals surface area contributed by atoms with Crippen LogP contribution in [0.25, 0.3) is 11.1 Å². The average Bonchev–Trinajstić information content (AvgIpc) is 3.30. The van der Waals surface area contributed by atoms with Gasteiger partial charge in [0.05, 0.1) is 5.92 Å².